The number of nitrogens with one attached hydrogen (secondary N) is 1. The van der Waals surface area contributed by atoms with E-state index in [1.165, 1.54) is 11.3 Å². The van der Waals surface area contributed by atoms with Crippen molar-refractivity contribution in [1.29, 1.82) is 0 Å². The molecule has 0 spiro atoms. The Labute approximate surface area is 124 Å². The minimum Gasteiger partial charge on any atom is -0.399 e. The second kappa shape index (κ2) is 5.48. The molecule has 3 rings (SSSR count). The molecule has 0 aliphatic rings. The number of aryl methyl sites for hydroxylation is 1. The first-order valence-electron chi connectivity index (χ1n) is 7.21. The third-order valence-corrected chi connectivity index (χ3v) is 3.68. The third kappa shape index (κ3) is 2.84. The van der Waals surface area contributed by atoms with Gasteiger partial charge in [0, 0.05) is 17.9 Å². The summed E-state index contributed by atoms with van der Waals surface area (Å²) in [7, 11) is 0. The van der Waals surface area contributed by atoms with Gasteiger partial charge >= 0.3 is 0 Å². The molecule has 108 valence electrons. The van der Waals surface area contributed by atoms with Crippen molar-refractivity contribution in [3.05, 3.63) is 53.9 Å². The van der Waals surface area contributed by atoms with Crippen LogP contribution in [0.15, 0.2) is 42.5 Å². The zero-order valence-corrected chi connectivity index (χ0v) is 12.4. The van der Waals surface area contributed by atoms with Crippen LogP contribution in [0.3, 0.4) is 0 Å². The number of nitrogens with two attached hydrogens (primary N) is 1. The Morgan fingerprint density at radius 1 is 1.14 bits per heavy atom. The summed E-state index contributed by atoms with van der Waals surface area (Å²) in [6.45, 7) is 5.95. The van der Waals surface area contributed by atoms with Crippen molar-refractivity contribution >= 4 is 22.4 Å². The van der Waals surface area contributed by atoms with Crippen LogP contribution in [-0.2, 0) is 6.54 Å². The molecule has 0 unspecified atom stereocenters. The molecule has 0 saturated carbocycles. The summed E-state index contributed by atoms with van der Waals surface area (Å²) >= 11 is 0. The van der Waals surface area contributed by atoms with E-state index >= 15 is 0 Å². The maximum absolute atomic E-state index is 5.81. The zero-order valence-electron chi connectivity index (χ0n) is 12.4. The van der Waals surface area contributed by atoms with Crippen molar-refractivity contribution in [2.45, 2.75) is 20.4 Å². The Morgan fingerprint density at radius 2 is 1.90 bits per heavy atom. The van der Waals surface area contributed by atoms with E-state index in [2.05, 4.69) is 53.0 Å². The van der Waals surface area contributed by atoms with Gasteiger partial charge in [0.05, 0.1) is 17.6 Å². The molecule has 1 aromatic heterocycles. The lowest BCUT2D eigenvalue weighted by atomic mass is 10.2. The monoisotopic (exact) mass is 280 g/mol. The number of H-pyrrole nitrogens is 1. The van der Waals surface area contributed by atoms with Crippen LogP contribution in [0.2, 0.25) is 0 Å². The number of rotatable bonds is 4. The highest BCUT2D eigenvalue weighted by atomic mass is 15.1. The number of imidazole rings is 1. The normalized spacial score (nSPS) is 11.0. The van der Waals surface area contributed by atoms with Crippen LogP contribution in [0.25, 0.3) is 11.0 Å². The molecule has 21 heavy (non-hydrogen) atoms. The van der Waals surface area contributed by atoms with Crippen LogP contribution in [-0.4, -0.2) is 16.5 Å². The average molecular weight is 280 g/mol. The fourth-order valence-corrected chi connectivity index (χ4v) is 2.48. The molecular formula is C17H20N4. The first-order chi connectivity index (χ1) is 10.2. The molecule has 3 aromatic rings. The van der Waals surface area contributed by atoms with Crippen molar-refractivity contribution in [3.63, 3.8) is 0 Å². The lowest BCUT2D eigenvalue weighted by molar-refractivity contribution is 0.796. The van der Waals surface area contributed by atoms with Crippen molar-refractivity contribution in [1.82, 2.24) is 9.97 Å². The zero-order chi connectivity index (χ0) is 14.8. The number of fused-ring (bicyclic) bond motifs is 1. The maximum Gasteiger partial charge on any atom is 0.126 e. The summed E-state index contributed by atoms with van der Waals surface area (Å²) in [5, 5.41) is 0. The molecule has 0 atom stereocenters. The van der Waals surface area contributed by atoms with E-state index in [9.17, 15) is 0 Å². The fraction of sp³-hybridized carbons (Fsp3) is 0.235. The minimum absolute atomic E-state index is 0.753. The van der Waals surface area contributed by atoms with Crippen molar-refractivity contribution in [2.75, 3.05) is 17.2 Å². The Hall–Kier alpha value is -2.49. The number of hydrogen-bond donors (Lipinski definition) is 2. The average Bonchev–Trinajstić information content (AvgIpc) is 2.87. The van der Waals surface area contributed by atoms with Crippen LogP contribution in [0.5, 0.6) is 0 Å². The third-order valence-electron chi connectivity index (χ3n) is 3.68. The molecule has 0 amide bonds. The second-order valence-electron chi connectivity index (χ2n) is 5.31. The summed E-state index contributed by atoms with van der Waals surface area (Å²) in [5.74, 6) is 0.957. The molecule has 3 N–H and O–H groups in total. The van der Waals surface area contributed by atoms with Gasteiger partial charge in [-0.1, -0.05) is 17.7 Å². The van der Waals surface area contributed by atoms with E-state index in [0.29, 0.717) is 0 Å². The first-order valence-corrected chi connectivity index (χ1v) is 7.21. The van der Waals surface area contributed by atoms with Gasteiger partial charge in [0.1, 0.15) is 5.82 Å². The SMILES string of the molecule is CCN(Cc1nc2ccc(N)cc2[nH]1)c1ccc(C)cc1. The number of aromatic amines is 1. The van der Waals surface area contributed by atoms with Crippen LogP contribution in [0.1, 0.15) is 18.3 Å². The van der Waals surface area contributed by atoms with E-state index in [1.807, 2.05) is 18.2 Å². The summed E-state index contributed by atoms with van der Waals surface area (Å²) in [6.07, 6.45) is 0. The summed E-state index contributed by atoms with van der Waals surface area (Å²) in [4.78, 5) is 10.3. The van der Waals surface area contributed by atoms with Crippen LogP contribution >= 0.6 is 0 Å². The fourth-order valence-electron chi connectivity index (χ4n) is 2.48. The number of hydrogen-bond acceptors (Lipinski definition) is 3. The predicted molar refractivity (Wildman–Crippen MR) is 88.4 cm³/mol. The highest BCUT2D eigenvalue weighted by molar-refractivity contribution is 5.78. The van der Waals surface area contributed by atoms with Crippen LogP contribution < -0.4 is 10.6 Å². The second-order valence-corrected chi connectivity index (χ2v) is 5.31. The highest BCUT2D eigenvalue weighted by Gasteiger charge is 2.09. The Kier molecular flexibility index (Phi) is 3.52. The van der Waals surface area contributed by atoms with Gasteiger partial charge in [-0.05, 0) is 44.2 Å². The highest BCUT2D eigenvalue weighted by Crippen LogP contribution is 2.19. The molecule has 0 aliphatic carbocycles. The van der Waals surface area contributed by atoms with E-state index in [-0.39, 0.29) is 0 Å². The quantitative estimate of drug-likeness (QED) is 0.719. The molecule has 0 aliphatic heterocycles. The number of benzene rings is 2. The Bertz CT molecular complexity index is 743. The summed E-state index contributed by atoms with van der Waals surface area (Å²) < 4.78 is 0. The van der Waals surface area contributed by atoms with Gasteiger partial charge in [-0.15, -0.1) is 0 Å². The molecule has 0 radical (unpaired) electrons. The molecule has 1 heterocycles. The molecule has 0 bridgehead atoms. The molecule has 0 saturated heterocycles. The van der Waals surface area contributed by atoms with E-state index < -0.39 is 0 Å². The van der Waals surface area contributed by atoms with Gasteiger partial charge in [0.15, 0.2) is 0 Å². The van der Waals surface area contributed by atoms with Crippen molar-refractivity contribution in [2.24, 2.45) is 0 Å². The van der Waals surface area contributed by atoms with Gasteiger partial charge < -0.3 is 15.6 Å². The number of aromatic nitrogens is 2. The minimum atomic E-state index is 0.753. The molecule has 0 fully saturated rings. The maximum atomic E-state index is 5.81. The first kappa shape index (κ1) is 13.5. The number of nitrogen functional groups attached to an aromatic ring is 1. The van der Waals surface area contributed by atoms with Crippen LogP contribution in [0.4, 0.5) is 11.4 Å². The van der Waals surface area contributed by atoms with Crippen molar-refractivity contribution < 1.29 is 0 Å². The summed E-state index contributed by atoms with van der Waals surface area (Å²) in [6, 6.07) is 14.3. The van der Waals surface area contributed by atoms with E-state index in [4.69, 9.17) is 5.73 Å². The van der Waals surface area contributed by atoms with Crippen molar-refractivity contribution in [3.8, 4) is 0 Å². The number of anilines is 2. The molecule has 2 aromatic carbocycles. The van der Waals surface area contributed by atoms with Gasteiger partial charge in [0.25, 0.3) is 0 Å². The molecule has 4 heteroatoms. The Morgan fingerprint density at radius 3 is 2.62 bits per heavy atom. The van der Waals surface area contributed by atoms with E-state index in [0.717, 1.165) is 35.6 Å². The molecule has 4 nitrogen and oxygen atoms in total. The van der Waals surface area contributed by atoms with Gasteiger partial charge in [-0.2, -0.15) is 0 Å². The standard InChI is InChI=1S/C17H20N4/c1-3-21(14-7-4-12(2)5-8-14)11-17-19-15-9-6-13(18)10-16(15)20-17/h4-10H,3,11,18H2,1-2H3,(H,19,20). The van der Waals surface area contributed by atoms with Gasteiger partial charge in [0.2, 0.25) is 0 Å². The topological polar surface area (TPSA) is 57.9 Å². The van der Waals surface area contributed by atoms with Gasteiger partial charge in [-0.25, -0.2) is 4.98 Å². The van der Waals surface area contributed by atoms with E-state index in [1.54, 1.807) is 0 Å². The summed E-state index contributed by atoms with van der Waals surface area (Å²) in [5.41, 5.74) is 11.0. The van der Waals surface area contributed by atoms with Crippen LogP contribution in [0, 0.1) is 6.92 Å². The lowest BCUT2D eigenvalue weighted by Crippen LogP contribution is -2.22. The van der Waals surface area contributed by atoms with Gasteiger partial charge in [-0.3, -0.25) is 0 Å². The predicted octanol–water partition coefficient (Wildman–Crippen LogP) is 3.48. The molecular weight excluding hydrogens is 260 g/mol. The largest absolute Gasteiger partial charge is 0.399 e. The smallest absolute Gasteiger partial charge is 0.126 e. The Balaban J connectivity index is 1.86. The number of nitrogens with zero attached hydrogens (tertiary/aromatic N) is 2. The lowest BCUT2D eigenvalue weighted by Gasteiger charge is -2.22.